The molecular weight excluding hydrogens is 404 g/mol. The van der Waals surface area contributed by atoms with Gasteiger partial charge in [-0.25, -0.2) is 20.3 Å². The van der Waals surface area contributed by atoms with Crippen molar-refractivity contribution in [1.82, 2.24) is 19.4 Å². The van der Waals surface area contributed by atoms with E-state index in [1.54, 1.807) is 24.5 Å². The fourth-order valence-corrected chi connectivity index (χ4v) is 3.92. The zero-order valence-electron chi connectivity index (χ0n) is 16.8. The number of aryl methyl sites for hydroxylation is 1. The lowest BCUT2D eigenvalue weighted by atomic mass is 9.96. The minimum absolute atomic E-state index is 0.147. The number of alkyl halides is 2. The average Bonchev–Trinajstić information content (AvgIpc) is 3.30. The molecule has 1 amide bonds. The van der Waals surface area contributed by atoms with Crippen molar-refractivity contribution < 1.29 is 18.4 Å². The van der Waals surface area contributed by atoms with Crippen LogP contribution in [0.2, 0.25) is 0 Å². The third kappa shape index (κ3) is 3.89. The lowest BCUT2D eigenvalue weighted by Gasteiger charge is -2.16. The van der Waals surface area contributed by atoms with Crippen molar-refractivity contribution in [1.29, 1.82) is 0 Å². The van der Waals surface area contributed by atoms with Crippen LogP contribution in [-0.4, -0.2) is 49.8 Å². The summed E-state index contributed by atoms with van der Waals surface area (Å²) in [6, 6.07) is 5.29. The van der Waals surface area contributed by atoms with Crippen LogP contribution in [0, 0.1) is 6.57 Å². The molecule has 0 saturated carbocycles. The molecule has 1 atom stereocenters. The Morgan fingerprint density at radius 2 is 2.03 bits per heavy atom. The minimum Gasteiger partial charge on any atom is -0.336 e. The summed E-state index contributed by atoms with van der Waals surface area (Å²) >= 11 is 0. The summed E-state index contributed by atoms with van der Waals surface area (Å²) < 4.78 is 29.1. The van der Waals surface area contributed by atoms with Gasteiger partial charge in [0.05, 0.1) is 6.54 Å². The molecule has 4 heterocycles. The van der Waals surface area contributed by atoms with Gasteiger partial charge in [-0.05, 0) is 23.8 Å². The van der Waals surface area contributed by atoms with Gasteiger partial charge in [0.2, 0.25) is 5.91 Å². The average molecular weight is 423 g/mol. The topological polar surface area (TPSA) is 72.5 Å². The summed E-state index contributed by atoms with van der Waals surface area (Å²) in [7, 11) is 1.87. The Hall–Kier alpha value is -3.67. The van der Waals surface area contributed by atoms with Crippen molar-refractivity contribution in [3.8, 4) is 11.1 Å². The summed E-state index contributed by atoms with van der Waals surface area (Å²) in [5.74, 6) is -3.98. The van der Waals surface area contributed by atoms with Crippen LogP contribution in [0.15, 0.2) is 43.0 Å². The Morgan fingerprint density at radius 3 is 2.81 bits per heavy atom. The number of hydrogen-bond donors (Lipinski definition) is 0. The summed E-state index contributed by atoms with van der Waals surface area (Å²) in [5, 5.41) is 0.863. The third-order valence-corrected chi connectivity index (χ3v) is 5.46. The number of rotatable bonds is 5. The van der Waals surface area contributed by atoms with Gasteiger partial charge in [0, 0.05) is 61.2 Å². The maximum Gasteiger partial charge on any atom is 0.306 e. The monoisotopic (exact) mass is 423 g/mol. The van der Waals surface area contributed by atoms with E-state index in [9.17, 15) is 18.4 Å². The number of carbonyl (C=O) groups excluding carboxylic acids is 2. The Kier molecular flexibility index (Phi) is 5.23. The highest BCUT2D eigenvalue weighted by atomic mass is 19.3. The van der Waals surface area contributed by atoms with Crippen molar-refractivity contribution in [2.75, 3.05) is 6.54 Å². The van der Waals surface area contributed by atoms with Crippen LogP contribution in [0.4, 0.5) is 8.78 Å². The largest absolute Gasteiger partial charge is 0.336 e. The van der Waals surface area contributed by atoms with E-state index in [1.165, 1.54) is 6.20 Å². The molecule has 4 rings (SSSR count). The van der Waals surface area contributed by atoms with Crippen LogP contribution < -0.4 is 0 Å². The van der Waals surface area contributed by atoms with Crippen LogP contribution in [0.3, 0.4) is 0 Å². The standard InChI is InChI=1S/C22H19F2N5O2/c1-25-19-11-22(23,24)13-29(19)20(31)4-3-18(30)15-5-8-26-12-17(15)14-6-9-27-21-16(14)7-10-28(21)2/h5-10,12,19H,3-4,11,13H2,2H3/t19-/m0/s1. The predicted molar refractivity (Wildman–Crippen MR) is 109 cm³/mol. The van der Waals surface area contributed by atoms with Crippen molar-refractivity contribution in [3.63, 3.8) is 0 Å². The van der Waals surface area contributed by atoms with Crippen LogP contribution in [0.25, 0.3) is 27.0 Å². The van der Waals surface area contributed by atoms with Gasteiger partial charge in [-0.15, -0.1) is 0 Å². The van der Waals surface area contributed by atoms with Gasteiger partial charge < -0.3 is 4.57 Å². The lowest BCUT2D eigenvalue weighted by Crippen LogP contribution is -2.35. The van der Waals surface area contributed by atoms with E-state index in [1.807, 2.05) is 23.9 Å². The molecule has 0 aromatic carbocycles. The van der Waals surface area contributed by atoms with Crippen LogP contribution in [0.1, 0.15) is 29.6 Å². The van der Waals surface area contributed by atoms with Gasteiger partial charge in [0.1, 0.15) is 12.1 Å². The first-order valence-electron chi connectivity index (χ1n) is 9.72. The summed E-state index contributed by atoms with van der Waals surface area (Å²) in [6.07, 6.45) is 4.38. The second-order valence-electron chi connectivity index (χ2n) is 7.56. The van der Waals surface area contributed by atoms with Crippen molar-refractivity contribution in [2.45, 2.75) is 31.4 Å². The molecule has 1 aliphatic rings. The molecular formula is C22H19F2N5O2. The predicted octanol–water partition coefficient (Wildman–Crippen LogP) is 3.71. The number of likely N-dealkylation sites (tertiary alicyclic amines) is 1. The summed E-state index contributed by atoms with van der Waals surface area (Å²) in [5.41, 5.74) is 2.56. The number of pyridine rings is 2. The van der Waals surface area contributed by atoms with E-state index in [4.69, 9.17) is 6.57 Å². The molecule has 0 spiro atoms. The van der Waals surface area contributed by atoms with Crippen LogP contribution in [-0.2, 0) is 11.8 Å². The summed E-state index contributed by atoms with van der Waals surface area (Å²) in [6.45, 7) is 6.28. The van der Waals surface area contributed by atoms with E-state index < -0.39 is 31.0 Å². The number of carbonyl (C=O) groups is 2. The highest BCUT2D eigenvalue weighted by Crippen LogP contribution is 2.34. The number of nitrogens with zero attached hydrogens (tertiary/aromatic N) is 5. The first-order valence-corrected chi connectivity index (χ1v) is 9.72. The Labute approximate surface area is 177 Å². The second kappa shape index (κ2) is 7.87. The maximum absolute atomic E-state index is 13.6. The number of amides is 1. The molecule has 1 fully saturated rings. The van der Waals surface area contributed by atoms with E-state index >= 15 is 0 Å². The Bertz CT molecular complexity index is 1210. The smallest absolute Gasteiger partial charge is 0.306 e. The quantitative estimate of drug-likeness (QED) is 0.463. The molecule has 158 valence electrons. The molecule has 0 unspecified atom stereocenters. The van der Waals surface area contributed by atoms with Gasteiger partial charge >= 0.3 is 6.17 Å². The van der Waals surface area contributed by atoms with Crippen LogP contribution >= 0.6 is 0 Å². The normalized spacial score (nSPS) is 17.6. The van der Waals surface area contributed by atoms with Gasteiger partial charge in [-0.2, -0.15) is 0 Å². The number of halogens is 2. The number of aromatic nitrogens is 3. The first-order chi connectivity index (χ1) is 14.8. The number of ketones is 1. The molecule has 31 heavy (non-hydrogen) atoms. The van der Waals surface area contributed by atoms with E-state index in [-0.39, 0.29) is 18.6 Å². The van der Waals surface area contributed by atoms with Gasteiger partial charge in [0.25, 0.3) is 5.92 Å². The van der Waals surface area contributed by atoms with E-state index in [0.29, 0.717) is 11.1 Å². The molecule has 0 N–H and O–H groups in total. The van der Waals surface area contributed by atoms with Gasteiger partial charge in [0.15, 0.2) is 5.78 Å². The first kappa shape index (κ1) is 20.6. The highest BCUT2D eigenvalue weighted by Gasteiger charge is 2.50. The Balaban J connectivity index is 1.56. The van der Waals surface area contributed by atoms with Crippen molar-refractivity contribution in [2.24, 2.45) is 7.05 Å². The third-order valence-electron chi connectivity index (χ3n) is 5.46. The van der Waals surface area contributed by atoms with E-state index in [0.717, 1.165) is 21.5 Å². The summed E-state index contributed by atoms with van der Waals surface area (Å²) in [4.78, 5) is 37.9. The number of hydrogen-bond acceptors (Lipinski definition) is 4. The zero-order chi connectivity index (χ0) is 22.2. The van der Waals surface area contributed by atoms with Crippen molar-refractivity contribution >= 4 is 22.7 Å². The molecule has 7 nitrogen and oxygen atoms in total. The molecule has 9 heteroatoms. The molecule has 3 aromatic rings. The maximum atomic E-state index is 13.6. The minimum atomic E-state index is -3.07. The lowest BCUT2D eigenvalue weighted by molar-refractivity contribution is -0.132. The molecule has 1 aliphatic heterocycles. The number of fused-ring (bicyclic) bond motifs is 1. The molecule has 0 aliphatic carbocycles. The molecule has 3 aromatic heterocycles. The SMILES string of the molecule is [C-]#[N+][C@@H]1CC(F)(F)CN1C(=O)CCC(=O)c1ccncc1-c1ccnc2c1ccn2C. The molecule has 1 saturated heterocycles. The van der Waals surface area contributed by atoms with E-state index in [2.05, 4.69) is 14.8 Å². The fourth-order valence-electron chi connectivity index (χ4n) is 3.92. The van der Waals surface area contributed by atoms with Gasteiger partial charge in [-0.3, -0.25) is 24.3 Å². The van der Waals surface area contributed by atoms with Crippen LogP contribution in [0.5, 0.6) is 0 Å². The fraction of sp³-hybridized carbons (Fsp3) is 0.318. The second-order valence-corrected chi connectivity index (χ2v) is 7.56. The van der Waals surface area contributed by atoms with Crippen molar-refractivity contribution in [3.05, 3.63) is 60.0 Å². The van der Waals surface area contributed by atoms with Gasteiger partial charge in [-0.1, -0.05) is 0 Å². The molecule has 0 radical (unpaired) electrons. The molecule has 0 bridgehead atoms. The number of Topliss-reactive ketones (excluding diaryl/α,β-unsaturated/α-hetero) is 1. The zero-order valence-corrected chi connectivity index (χ0v) is 16.8. The highest BCUT2D eigenvalue weighted by molar-refractivity contribution is 6.06. The Morgan fingerprint density at radius 1 is 1.23 bits per heavy atom.